The number of hydrogen-bond donors (Lipinski definition) is 2. The molecule has 1 saturated heterocycles. The minimum atomic E-state index is -0.266. The SMILES string of the molecule is O=C(CNc1cc(Cl)ccc1C(=O)N1CCCC1)Nc1ccccc1Cl. The van der Waals surface area contributed by atoms with Crippen molar-refractivity contribution in [2.75, 3.05) is 30.3 Å². The first-order valence-electron chi connectivity index (χ1n) is 8.41. The van der Waals surface area contributed by atoms with Gasteiger partial charge in [0.25, 0.3) is 5.91 Å². The Bertz CT molecular complexity index is 820. The molecule has 3 rings (SSSR count). The summed E-state index contributed by atoms with van der Waals surface area (Å²) in [6.07, 6.45) is 2.03. The third kappa shape index (κ3) is 4.48. The second kappa shape index (κ2) is 8.43. The molecule has 0 aliphatic carbocycles. The second-order valence-corrected chi connectivity index (χ2v) is 6.91. The largest absolute Gasteiger partial charge is 0.375 e. The molecule has 0 spiro atoms. The van der Waals surface area contributed by atoms with E-state index in [1.165, 1.54) is 0 Å². The van der Waals surface area contributed by atoms with Crippen LogP contribution in [0.1, 0.15) is 23.2 Å². The molecule has 5 nitrogen and oxygen atoms in total. The van der Waals surface area contributed by atoms with Crippen LogP contribution in [0.5, 0.6) is 0 Å². The van der Waals surface area contributed by atoms with Crippen molar-refractivity contribution in [3.63, 3.8) is 0 Å². The van der Waals surface area contributed by atoms with Crippen molar-refractivity contribution in [1.82, 2.24) is 4.90 Å². The quantitative estimate of drug-likeness (QED) is 0.799. The lowest BCUT2D eigenvalue weighted by atomic mass is 10.1. The minimum Gasteiger partial charge on any atom is -0.375 e. The van der Waals surface area contributed by atoms with Gasteiger partial charge in [0.2, 0.25) is 5.91 Å². The number of likely N-dealkylation sites (tertiary alicyclic amines) is 1. The molecule has 2 N–H and O–H groups in total. The van der Waals surface area contributed by atoms with Crippen molar-refractivity contribution >= 4 is 46.4 Å². The maximum absolute atomic E-state index is 12.7. The molecule has 0 radical (unpaired) electrons. The van der Waals surface area contributed by atoms with Crippen LogP contribution in [0.4, 0.5) is 11.4 Å². The number of amides is 2. The normalized spacial score (nSPS) is 13.5. The minimum absolute atomic E-state index is 0.00809. The van der Waals surface area contributed by atoms with E-state index < -0.39 is 0 Å². The summed E-state index contributed by atoms with van der Waals surface area (Å²) in [5.74, 6) is -0.314. The summed E-state index contributed by atoms with van der Waals surface area (Å²) in [6.45, 7) is 1.51. The van der Waals surface area contributed by atoms with E-state index in [1.807, 2.05) is 4.90 Å². The lowest BCUT2D eigenvalue weighted by Gasteiger charge is -2.18. The maximum atomic E-state index is 12.7. The molecule has 0 atom stereocenters. The third-order valence-electron chi connectivity index (χ3n) is 4.19. The molecule has 26 heavy (non-hydrogen) atoms. The number of halogens is 2. The summed E-state index contributed by atoms with van der Waals surface area (Å²) in [5, 5.41) is 6.71. The van der Waals surface area contributed by atoms with Gasteiger partial charge in [-0.15, -0.1) is 0 Å². The highest BCUT2D eigenvalue weighted by Gasteiger charge is 2.22. The molecule has 136 valence electrons. The summed E-state index contributed by atoms with van der Waals surface area (Å²) in [6, 6.07) is 12.0. The molecular weight excluding hydrogens is 373 g/mol. The Kier molecular flexibility index (Phi) is 6.01. The van der Waals surface area contributed by atoms with Crippen molar-refractivity contribution in [2.24, 2.45) is 0 Å². The molecule has 1 aliphatic heterocycles. The van der Waals surface area contributed by atoms with Crippen molar-refractivity contribution in [1.29, 1.82) is 0 Å². The third-order valence-corrected chi connectivity index (χ3v) is 4.76. The number of nitrogens with one attached hydrogen (secondary N) is 2. The average molecular weight is 392 g/mol. The highest BCUT2D eigenvalue weighted by Crippen LogP contribution is 2.24. The lowest BCUT2D eigenvalue weighted by molar-refractivity contribution is -0.114. The van der Waals surface area contributed by atoms with E-state index in [-0.39, 0.29) is 18.4 Å². The Balaban J connectivity index is 1.69. The Morgan fingerprint density at radius 3 is 2.46 bits per heavy atom. The van der Waals surface area contributed by atoms with E-state index in [0.29, 0.717) is 27.0 Å². The molecular formula is C19H19Cl2N3O2. The van der Waals surface area contributed by atoms with Gasteiger partial charge in [0.05, 0.1) is 22.8 Å². The van der Waals surface area contributed by atoms with Gasteiger partial charge in [0, 0.05) is 23.8 Å². The van der Waals surface area contributed by atoms with Gasteiger partial charge < -0.3 is 15.5 Å². The number of anilines is 2. The number of carbonyl (C=O) groups is 2. The number of hydrogen-bond acceptors (Lipinski definition) is 3. The molecule has 1 heterocycles. The maximum Gasteiger partial charge on any atom is 0.255 e. The number of carbonyl (C=O) groups excluding carboxylic acids is 2. The Hall–Kier alpha value is -2.24. The smallest absolute Gasteiger partial charge is 0.255 e. The van der Waals surface area contributed by atoms with Crippen LogP contribution in [0.25, 0.3) is 0 Å². The van der Waals surface area contributed by atoms with E-state index in [9.17, 15) is 9.59 Å². The van der Waals surface area contributed by atoms with Gasteiger partial charge in [-0.2, -0.15) is 0 Å². The highest BCUT2D eigenvalue weighted by molar-refractivity contribution is 6.33. The van der Waals surface area contributed by atoms with E-state index in [4.69, 9.17) is 23.2 Å². The molecule has 0 unspecified atom stereocenters. The topological polar surface area (TPSA) is 61.4 Å². The van der Waals surface area contributed by atoms with Crippen LogP contribution in [-0.4, -0.2) is 36.3 Å². The Morgan fingerprint density at radius 1 is 1.00 bits per heavy atom. The van der Waals surface area contributed by atoms with Crippen LogP contribution in [0.2, 0.25) is 10.0 Å². The zero-order valence-electron chi connectivity index (χ0n) is 14.1. The van der Waals surface area contributed by atoms with Gasteiger partial charge in [-0.25, -0.2) is 0 Å². The first-order valence-corrected chi connectivity index (χ1v) is 9.17. The molecule has 0 saturated carbocycles. The molecule has 1 fully saturated rings. The van der Waals surface area contributed by atoms with E-state index in [2.05, 4.69) is 10.6 Å². The zero-order chi connectivity index (χ0) is 18.5. The van der Waals surface area contributed by atoms with E-state index >= 15 is 0 Å². The van der Waals surface area contributed by atoms with Gasteiger partial charge in [-0.1, -0.05) is 35.3 Å². The zero-order valence-corrected chi connectivity index (χ0v) is 15.6. The average Bonchev–Trinajstić information content (AvgIpc) is 3.16. The van der Waals surface area contributed by atoms with Gasteiger partial charge in [0.15, 0.2) is 0 Å². The number of nitrogens with zero attached hydrogens (tertiary/aromatic N) is 1. The fourth-order valence-corrected chi connectivity index (χ4v) is 3.23. The molecule has 2 aromatic carbocycles. The summed E-state index contributed by atoms with van der Waals surface area (Å²) in [5.41, 5.74) is 1.60. The van der Waals surface area contributed by atoms with Crippen molar-refractivity contribution < 1.29 is 9.59 Å². The summed E-state index contributed by atoms with van der Waals surface area (Å²) < 4.78 is 0. The highest BCUT2D eigenvalue weighted by atomic mass is 35.5. The lowest BCUT2D eigenvalue weighted by Crippen LogP contribution is -2.29. The summed E-state index contributed by atoms with van der Waals surface area (Å²) in [7, 11) is 0. The van der Waals surface area contributed by atoms with Gasteiger partial charge >= 0.3 is 0 Å². The number of para-hydroxylation sites is 1. The van der Waals surface area contributed by atoms with Crippen LogP contribution in [-0.2, 0) is 4.79 Å². The second-order valence-electron chi connectivity index (χ2n) is 6.07. The molecule has 2 amide bonds. The van der Waals surface area contributed by atoms with Crippen molar-refractivity contribution in [3.8, 4) is 0 Å². The van der Waals surface area contributed by atoms with E-state index in [0.717, 1.165) is 25.9 Å². The Morgan fingerprint density at radius 2 is 1.73 bits per heavy atom. The standard InChI is InChI=1S/C19H19Cl2N3O2/c20-13-7-8-14(19(26)24-9-3-4-10-24)17(11-13)22-12-18(25)23-16-6-2-1-5-15(16)21/h1-2,5-8,11,22H,3-4,9-10,12H2,(H,23,25). The Labute approximate surface area is 162 Å². The predicted octanol–water partition coefficient (Wildman–Crippen LogP) is 4.28. The van der Waals surface area contributed by atoms with Crippen LogP contribution >= 0.6 is 23.2 Å². The molecule has 7 heteroatoms. The van der Waals surface area contributed by atoms with Crippen molar-refractivity contribution in [2.45, 2.75) is 12.8 Å². The fourth-order valence-electron chi connectivity index (χ4n) is 2.87. The monoisotopic (exact) mass is 391 g/mol. The summed E-state index contributed by atoms with van der Waals surface area (Å²) >= 11 is 12.1. The van der Waals surface area contributed by atoms with Crippen LogP contribution < -0.4 is 10.6 Å². The molecule has 0 aromatic heterocycles. The fraction of sp³-hybridized carbons (Fsp3) is 0.263. The molecule has 1 aliphatic rings. The molecule has 2 aromatic rings. The van der Waals surface area contributed by atoms with Gasteiger partial charge in [-0.3, -0.25) is 9.59 Å². The van der Waals surface area contributed by atoms with Crippen LogP contribution in [0.15, 0.2) is 42.5 Å². The summed E-state index contributed by atoms with van der Waals surface area (Å²) in [4.78, 5) is 26.7. The van der Waals surface area contributed by atoms with Crippen LogP contribution in [0.3, 0.4) is 0 Å². The van der Waals surface area contributed by atoms with Gasteiger partial charge in [-0.05, 0) is 43.2 Å². The van der Waals surface area contributed by atoms with Crippen molar-refractivity contribution in [3.05, 3.63) is 58.1 Å². The number of rotatable bonds is 5. The molecule has 0 bridgehead atoms. The van der Waals surface area contributed by atoms with Gasteiger partial charge in [0.1, 0.15) is 0 Å². The van der Waals surface area contributed by atoms with Crippen LogP contribution in [0, 0.1) is 0 Å². The van der Waals surface area contributed by atoms with E-state index in [1.54, 1.807) is 42.5 Å². The number of benzene rings is 2. The predicted molar refractivity (Wildman–Crippen MR) is 105 cm³/mol. The first-order chi connectivity index (χ1) is 12.5. The first kappa shape index (κ1) is 18.5.